The number of halogens is 2. The van der Waals surface area contributed by atoms with E-state index in [0.717, 1.165) is 17.6 Å². The molecule has 1 N–H and O–H groups in total. The van der Waals surface area contributed by atoms with Crippen molar-refractivity contribution >= 4 is 34.2 Å². The van der Waals surface area contributed by atoms with Crippen LogP contribution in [0.25, 0.3) is 0 Å². The minimum absolute atomic E-state index is 0. The van der Waals surface area contributed by atoms with Crippen LogP contribution in [0.2, 0.25) is 0 Å². The van der Waals surface area contributed by atoms with Gasteiger partial charge in [-0.2, -0.15) is 0 Å². The van der Waals surface area contributed by atoms with Crippen LogP contribution in [0, 0.1) is 0 Å². The maximum absolute atomic E-state index is 12.0. The molecule has 1 amide bonds. The third-order valence-corrected chi connectivity index (χ3v) is 4.39. The van der Waals surface area contributed by atoms with E-state index in [2.05, 4.69) is 45.5 Å². The first kappa shape index (κ1) is 17.5. The van der Waals surface area contributed by atoms with Crippen molar-refractivity contribution in [3.8, 4) is 0 Å². The molecule has 0 aromatic heterocycles. The van der Waals surface area contributed by atoms with Crippen molar-refractivity contribution in [2.24, 2.45) is 0 Å². The molecular formula is C15H22BrClN2O. The molecule has 3 nitrogen and oxygen atoms in total. The van der Waals surface area contributed by atoms with Gasteiger partial charge in [-0.05, 0) is 37.6 Å². The van der Waals surface area contributed by atoms with Crippen LogP contribution in [-0.2, 0) is 10.2 Å². The Labute approximate surface area is 135 Å². The molecule has 0 spiro atoms. The van der Waals surface area contributed by atoms with Gasteiger partial charge >= 0.3 is 0 Å². The van der Waals surface area contributed by atoms with Crippen LogP contribution < -0.4 is 5.32 Å². The monoisotopic (exact) mass is 360 g/mol. The maximum atomic E-state index is 12.0. The summed E-state index contributed by atoms with van der Waals surface area (Å²) in [5.41, 5.74) is 1.55. The topological polar surface area (TPSA) is 32.3 Å². The normalized spacial score (nSPS) is 15.3. The van der Waals surface area contributed by atoms with Gasteiger partial charge in [0.1, 0.15) is 0 Å². The molecule has 0 atom stereocenters. The van der Waals surface area contributed by atoms with Crippen molar-refractivity contribution in [1.29, 1.82) is 0 Å². The predicted molar refractivity (Wildman–Crippen MR) is 88.5 cm³/mol. The van der Waals surface area contributed by atoms with Crippen LogP contribution in [0.5, 0.6) is 0 Å². The Bertz CT molecular complexity index is 446. The number of carbonyl (C=O) groups excluding carboxylic acids is 1. The molecule has 0 bridgehead atoms. The molecule has 1 fully saturated rings. The van der Waals surface area contributed by atoms with Crippen LogP contribution in [-0.4, -0.2) is 38.0 Å². The summed E-state index contributed by atoms with van der Waals surface area (Å²) in [6.45, 7) is 1.58. The molecule has 1 aromatic carbocycles. The fourth-order valence-corrected chi connectivity index (χ4v) is 2.72. The van der Waals surface area contributed by atoms with Gasteiger partial charge in [-0.25, -0.2) is 0 Å². The number of carbonyl (C=O) groups is 1. The number of likely N-dealkylation sites (N-methyl/N-ethyl adjacent to an activating group) is 1. The second-order valence-electron chi connectivity index (χ2n) is 5.39. The van der Waals surface area contributed by atoms with Gasteiger partial charge in [0.25, 0.3) is 0 Å². The van der Waals surface area contributed by atoms with Crippen LogP contribution >= 0.6 is 28.3 Å². The number of benzene rings is 1. The van der Waals surface area contributed by atoms with Gasteiger partial charge in [-0.3, -0.25) is 4.79 Å². The molecule has 112 valence electrons. The Hall–Kier alpha value is -0.580. The lowest BCUT2D eigenvalue weighted by Gasteiger charge is -2.24. The molecule has 2 rings (SSSR count). The minimum Gasteiger partial charge on any atom is -0.345 e. The van der Waals surface area contributed by atoms with Crippen molar-refractivity contribution < 1.29 is 4.79 Å². The summed E-state index contributed by atoms with van der Waals surface area (Å²) in [5, 5.41) is 3.02. The lowest BCUT2D eigenvalue weighted by Crippen LogP contribution is -2.35. The summed E-state index contributed by atoms with van der Waals surface area (Å²) in [5.74, 6) is 0.220. The first-order chi connectivity index (χ1) is 9.07. The number of amides is 1. The molecule has 0 saturated heterocycles. The van der Waals surface area contributed by atoms with Crippen LogP contribution in [0.3, 0.4) is 0 Å². The second-order valence-corrected chi connectivity index (χ2v) is 6.31. The predicted octanol–water partition coefficient (Wildman–Crippen LogP) is 2.97. The van der Waals surface area contributed by atoms with E-state index in [1.54, 1.807) is 0 Å². The lowest BCUT2D eigenvalue weighted by molar-refractivity contribution is -0.130. The van der Waals surface area contributed by atoms with Gasteiger partial charge in [0.15, 0.2) is 0 Å². The smallest absolute Gasteiger partial charge is 0.223 e. The van der Waals surface area contributed by atoms with E-state index in [1.807, 2.05) is 19.0 Å². The summed E-state index contributed by atoms with van der Waals surface area (Å²) in [4.78, 5) is 13.9. The zero-order valence-corrected chi connectivity index (χ0v) is 14.4. The molecular weight excluding hydrogens is 340 g/mol. The van der Waals surface area contributed by atoms with Crippen LogP contribution in [0.4, 0.5) is 0 Å². The van der Waals surface area contributed by atoms with E-state index in [4.69, 9.17) is 0 Å². The minimum atomic E-state index is 0. The Balaban J connectivity index is 0.00000200. The van der Waals surface area contributed by atoms with Crippen molar-refractivity contribution in [2.45, 2.75) is 24.7 Å². The number of nitrogens with one attached hydrogen (secondary N) is 1. The Morgan fingerprint density at radius 3 is 2.45 bits per heavy atom. The molecule has 1 aliphatic rings. The van der Waals surface area contributed by atoms with Crippen molar-refractivity contribution in [3.05, 3.63) is 34.3 Å². The molecule has 0 radical (unpaired) electrons. The third-order valence-electron chi connectivity index (χ3n) is 3.86. The third kappa shape index (κ3) is 4.21. The second kappa shape index (κ2) is 7.43. The molecule has 1 saturated carbocycles. The highest BCUT2D eigenvalue weighted by atomic mass is 79.9. The number of hydrogen-bond acceptors (Lipinski definition) is 2. The van der Waals surface area contributed by atoms with Crippen molar-refractivity contribution in [2.75, 3.05) is 27.2 Å². The quantitative estimate of drug-likeness (QED) is 0.845. The van der Waals surface area contributed by atoms with E-state index in [1.165, 1.54) is 18.4 Å². The van der Waals surface area contributed by atoms with Gasteiger partial charge in [-0.1, -0.05) is 28.1 Å². The standard InChI is InChI=1S/C15H21BrN2O.ClH/c1-17-10-7-14(19)18(2)11-15(8-9-15)12-3-5-13(16)6-4-12;/h3-6,17H,7-11H2,1-2H3;1H. The molecule has 5 heteroatoms. The summed E-state index contributed by atoms with van der Waals surface area (Å²) in [7, 11) is 3.79. The Morgan fingerprint density at radius 1 is 1.35 bits per heavy atom. The van der Waals surface area contributed by atoms with Gasteiger partial charge in [0.05, 0.1) is 0 Å². The molecule has 0 aliphatic heterocycles. The zero-order chi connectivity index (χ0) is 13.9. The van der Waals surface area contributed by atoms with Gasteiger partial charge < -0.3 is 10.2 Å². The average molecular weight is 362 g/mol. The summed E-state index contributed by atoms with van der Waals surface area (Å²) in [6.07, 6.45) is 2.93. The highest BCUT2D eigenvalue weighted by molar-refractivity contribution is 9.10. The van der Waals surface area contributed by atoms with Crippen LogP contribution in [0.15, 0.2) is 28.7 Å². The number of nitrogens with zero attached hydrogens (tertiary/aromatic N) is 1. The van der Waals surface area contributed by atoms with Crippen LogP contribution in [0.1, 0.15) is 24.8 Å². The number of rotatable bonds is 6. The fraction of sp³-hybridized carbons (Fsp3) is 0.533. The molecule has 20 heavy (non-hydrogen) atoms. The molecule has 1 aromatic rings. The molecule has 1 aliphatic carbocycles. The average Bonchev–Trinajstić information content (AvgIpc) is 3.17. The van der Waals surface area contributed by atoms with Gasteiger partial charge in [0.2, 0.25) is 5.91 Å². The van der Waals surface area contributed by atoms with E-state index in [0.29, 0.717) is 6.42 Å². The first-order valence-electron chi connectivity index (χ1n) is 6.72. The SMILES string of the molecule is CNCCC(=O)N(C)CC1(c2ccc(Br)cc2)CC1.Cl. The van der Waals surface area contributed by atoms with Gasteiger partial charge in [0, 0.05) is 36.4 Å². The Kier molecular flexibility index (Phi) is 6.49. The maximum Gasteiger partial charge on any atom is 0.223 e. The van der Waals surface area contributed by atoms with E-state index in [9.17, 15) is 4.79 Å². The van der Waals surface area contributed by atoms with Gasteiger partial charge in [-0.15, -0.1) is 12.4 Å². The van der Waals surface area contributed by atoms with E-state index >= 15 is 0 Å². The van der Waals surface area contributed by atoms with E-state index in [-0.39, 0.29) is 23.7 Å². The summed E-state index contributed by atoms with van der Waals surface area (Å²) >= 11 is 3.46. The van der Waals surface area contributed by atoms with Crippen molar-refractivity contribution in [3.63, 3.8) is 0 Å². The zero-order valence-electron chi connectivity index (χ0n) is 12.0. The number of hydrogen-bond donors (Lipinski definition) is 1. The summed E-state index contributed by atoms with van der Waals surface area (Å²) in [6, 6.07) is 8.50. The molecule has 0 unspecified atom stereocenters. The fourth-order valence-electron chi connectivity index (χ4n) is 2.46. The molecule has 0 heterocycles. The summed E-state index contributed by atoms with van der Waals surface area (Å²) < 4.78 is 1.10. The Morgan fingerprint density at radius 2 is 1.95 bits per heavy atom. The van der Waals surface area contributed by atoms with E-state index < -0.39 is 0 Å². The van der Waals surface area contributed by atoms with Crippen molar-refractivity contribution in [1.82, 2.24) is 10.2 Å². The highest BCUT2D eigenvalue weighted by Crippen LogP contribution is 2.48. The highest BCUT2D eigenvalue weighted by Gasteiger charge is 2.45. The lowest BCUT2D eigenvalue weighted by atomic mass is 9.95. The first-order valence-corrected chi connectivity index (χ1v) is 7.51. The largest absolute Gasteiger partial charge is 0.345 e.